The number of hydrogen-bond acceptors (Lipinski definition) is 3. The van der Waals surface area contributed by atoms with Gasteiger partial charge in [-0.25, -0.2) is 13.2 Å². The summed E-state index contributed by atoms with van der Waals surface area (Å²) < 4.78 is 51.7. The molecular formula is C16H21BF3NO2. The van der Waals surface area contributed by atoms with Crippen molar-refractivity contribution in [2.45, 2.75) is 38.9 Å². The highest BCUT2D eigenvalue weighted by molar-refractivity contribution is 6.55. The van der Waals surface area contributed by atoms with Crippen LogP contribution in [0.25, 0.3) is 6.08 Å². The van der Waals surface area contributed by atoms with E-state index in [-0.39, 0.29) is 5.56 Å². The maximum Gasteiger partial charge on any atom is 0.491 e. The second-order valence-corrected chi connectivity index (χ2v) is 6.64. The zero-order chi connectivity index (χ0) is 17.4. The lowest BCUT2D eigenvalue weighted by atomic mass is 9.77. The molecule has 0 atom stereocenters. The SMILES string of the molecule is CNCC(=Cc1cc(F)c(F)c(F)c1)B1OC(C)(C)C(C)(C)O1. The summed E-state index contributed by atoms with van der Waals surface area (Å²) in [4.78, 5) is 0. The van der Waals surface area contributed by atoms with Crippen molar-refractivity contribution in [1.29, 1.82) is 0 Å². The minimum Gasteiger partial charge on any atom is -0.400 e. The Morgan fingerprint density at radius 1 is 1.09 bits per heavy atom. The normalized spacial score (nSPS) is 20.2. The first-order chi connectivity index (χ1) is 10.6. The summed E-state index contributed by atoms with van der Waals surface area (Å²) in [5.74, 6) is -3.93. The molecule has 0 radical (unpaired) electrons. The van der Waals surface area contributed by atoms with Crippen molar-refractivity contribution in [2.24, 2.45) is 0 Å². The quantitative estimate of drug-likeness (QED) is 0.680. The molecule has 2 rings (SSSR count). The molecule has 0 unspecified atom stereocenters. The van der Waals surface area contributed by atoms with E-state index >= 15 is 0 Å². The molecule has 0 bridgehead atoms. The molecule has 3 nitrogen and oxygen atoms in total. The molecule has 1 aliphatic rings. The smallest absolute Gasteiger partial charge is 0.400 e. The molecule has 1 aliphatic heterocycles. The number of halogens is 3. The molecule has 1 aromatic carbocycles. The van der Waals surface area contributed by atoms with Gasteiger partial charge in [0.2, 0.25) is 0 Å². The van der Waals surface area contributed by atoms with Gasteiger partial charge in [-0.05, 0) is 57.9 Å². The van der Waals surface area contributed by atoms with E-state index in [4.69, 9.17) is 9.31 Å². The van der Waals surface area contributed by atoms with Crippen LogP contribution in [0, 0.1) is 17.5 Å². The second kappa shape index (κ2) is 6.30. The van der Waals surface area contributed by atoms with Gasteiger partial charge in [0, 0.05) is 6.54 Å². The van der Waals surface area contributed by atoms with Crippen molar-refractivity contribution < 1.29 is 22.5 Å². The third-order valence-electron chi connectivity index (χ3n) is 4.30. The zero-order valence-electron chi connectivity index (χ0n) is 14.0. The maximum atomic E-state index is 13.4. The van der Waals surface area contributed by atoms with Crippen LogP contribution in [0.15, 0.2) is 17.6 Å². The molecule has 1 heterocycles. The topological polar surface area (TPSA) is 30.5 Å². The summed E-state index contributed by atoms with van der Waals surface area (Å²) in [6.45, 7) is 8.07. The van der Waals surface area contributed by atoms with Crippen molar-refractivity contribution in [3.63, 3.8) is 0 Å². The van der Waals surface area contributed by atoms with Gasteiger partial charge in [0.15, 0.2) is 17.5 Å². The van der Waals surface area contributed by atoms with Crippen LogP contribution < -0.4 is 5.32 Å². The predicted molar refractivity (Wildman–Crippen MR) is 84.3 cm³/mol. The van der Waals surface area contributed by atoms with Gasteiger partial charge >= 0.3 is 7.12 Å². The zero-order valence-corrected chi connectivity index (χ0v) is 14.0. The summed E-state index contributed by atoms with van der Waals surface area (Å²) in [7, 11) is 1.09. The predicted octanol–water partition coefficient (Wildman–Crippen LogP) is 3.34. The average molecular weight is 327 g/mol. The van der Waals surface area contributed by atoms with Gasteiger partial charge in [0.05, 0.1) is 11.2 Å². The largest absolute Gasteiger partial charge is 0.491 e. The minimum absolute atomic E-state index is 0.210. The molecule has 1 N–H and O–H groups in total. The van der Waals surface area contributed by atoms with E-state index in [0.29, 0.717) is 12.0 Å². The second-order valence-electron chi connectivity index (χ2n) is 6.64. The van der Waals surface area contributed by atoms with Crippen LogP contribution >= 0.6 is 0 Å². The van der Waals surface area contributed by atoms with Crippen LogP contribution in [-0.4, -0.2) is 31.9 Å². The maximum absolute atomic E-state index is 13.4. The van der Waals surface area contributed by atoms with Crippen molar-refractivity contribution in [3.05, 3.63) is 40.6 Å². The van der Waals surface area contributed by atoms with Crippen molar-refractivity contribution in [3.8, 4) is 0 Å². The molecule has 1 saturated heterocycles. The van der Waals surface area contributed by atoms with Gasteiger partial charge in [0.1, 0.15) is 0 Å². The van der Waals surface area contributed by atoms with Crippen LogP contribution in [0.5, 0.6) is 0 Å². The lowest BCUT2D eigenvalue weighted by Gasteiger charge is -2.32. The Kier molecular flexibility index (Phi) is 4.94. The molecule has 23 heavy (non-hydrogen) atoms. The molecule has 0 amide bonds. The Bertz CT molecular complexity index is 593. The van der Waals surface area contributed by atoms with Crippen LogP contribution in [0.1, 0.15) is 33.3 Å². The molecular weight excluding hydrogens is 306 g/mol. The highest BCUT2D eigenvalue weighted by atomic mass is 19.2. The van der Waals surface area contributed by atoms with Crippen LogP contribution in [0.4, 0.5) is 13.2 Å². The van der Waals surface area contributed by atoms with Crippen LogP contribution in [0.2, 0.25) is 0 Å². The lowest BCUT2D eigenvalue weighted by Crippen LogP contribution is -2.41. The van der Waals surface area contributed by atoms with E-state index < -0.39 is 35.8 Å². The molecule has 1 aromatic rings. The summed E-state index contributed by atoms with van der Waals surface area (Å²) in [6, 6.07) is 1.89. The van der Waals surface area contributed by atoms with E-state index in [1.54, 1.807) is 13.1 Å². The van der Waals surface area contributed by atoms with Crippen molar-refractivity contribution in [1.82, 2.24) is 5.32 Å². The number of hydrogen-bond donors (Lipinski definition) is 1. The molecule has 0 aromatic heterocycles. The summed E-state index contributed by atoms with van der Waals surface area (Å²) in [5, 5.41) is 2.97. The monoisotopic (exact) mass is 327 g/mol. The molecule has 1 fully saturated rings. The van der Waals surface area contributed by atoms with E-state index in [0.717, 1.165) is 12.1 Å². The number of rotatable bonds is 4. The molecule has 0 spiro atoms. The van der Waals surface area contributed by atoms with Gasteiger partial charge in [-0.3, -0.25) is 0 Å². The molecule has 0 aliphatic carbocycles. The van der Waals surface area contributed by atoms with Gasteiger partial charge in [-0.2, -0.15) is 0 Å². The van der Waals surface area contributed by atoms with Crippen LogP contribution in [-0.2, 0) is 9.31 Å². The fourth-order valence-corrected chi connectivity index (χ4v) is 2.27. The first-order valence-electron chi connectivity index (χ1n) is 7.42. The van der Waals surface area contributed by atoms with E-state index in [1.165, 1.54) is 0 Å². The third-order valence-corrected chi connectivity index (χ3v) is 4.30. The number of nitrogens with one attached hydrogen (secondary N) is 1. The summed E-state index contributed by atoms with van der Waals surface area (Å²) in [5.41, 5.74) is -0.175. The van der Waals surface area contributed by atoms with Crippen molar-refractivity contribution >= 4 is 13.2 Å². The van der Waals surface area contributed by atoms with E-state index in [1.807, 2.05) is 27.7 Å². The van der Waals surface area contributed by atoms with Gasteiger partial charge in [-0.15, -0.1) is 0 Å². The first kappa shape index (κ1) is 18.0. The van der Waals surface area contributed by atoms with Crippen LogP contribution in [0.3, 0.4) is 0 Å². The first-order valence-corrected chi connectivity index (χ1v) is 7.42. The Morgan fingerprint density at radius 2 is 1.57 bits per heavy atom. The van der Waals surface area contributed by atoms with Gasteiger partial charge in [-0.1, -0.05) is 6.08 Å². The standard InChI is InChI=1S/C16H21BF3NO2/c1-15(2)16(3,4)23-17(22-15)11(9-21-5)6-10-7-12(18)14(20)13(19)8-10/h6-8,21H,9H2,1-5H3. The highest BCUT2D eigenvalue weighted by Gasteiger charge is 2.52. The van der Waals surface area contributed by atoms with Crippen molar-refractivity contribution in [2.75, 3.05) is 13.6 Å². The lowest BCUT2D eigenvalue weighted by molar-refractivity contribution is 0.00578. The minimum atomic E-state index is -1.48. The summed E-state index contributed by atoms with van der Waals surface area (Å²) >= 11 is 0. The average Bonchev–Trinajstić information content (AvgIpc) is 2.64. The molecule has 0 saturated carbocycles. The fourth-order valence-electron chi connectivity index (χ4n) is 2.27. The highest BCUT2D eigenvalue weighted by Crippen LogP contribution is 2.38. The van der Waals surface area contributed by atoms with E-state index in [9.17, 15) is 13.2 Å². The fraction of sp³-hybridized carbons (Fsp3) is 0.500. The third kappa shape index (κ3) is 3.62. The summed E-state index contributed by atoms with van der Waals surface area (Å²) in [6.07, 6.45) is 1.55. The Balaban J connectivity index is 2.36. The molecule has 126 valence electrons. The Hall–Kier alpha value is -1.31. The van der Waals surface area contributed by atoms with E-state index in [2.05, 4.69) is 5.32 Å². The van der Waals surface area contributed by atoms with Gasteiger partial charge < -0.3 is 14.6 Å². The Morgan fingerprint density at radius 3 is 2.00 bits per heavy atom. The van der Waals surface area contributed by atoms with Gasteiger partial charge in [0.25, 0.3) is 0 Å². The number of benzene rings is 1. The Labute approximate surface area is 135 Å². The molecule has 7 heteroatoms. The number of likely N-dealkylation sites (N-methyl/N-ethyl adjacent to an activating group) is 1.